The van der Waals surface area contributed by atoms with Crippen molar-refractivity contribution in [1.82, 2.24) is 0 Å². The molecule has 1 aromatic carbocycles. The van der Waals surface area contributed by atoms with E-state index in [1.807, 2.05) is 0 Å². The number of carbonyl (C=O) groups excluding carboxylic acids is 1. The van der Waals surface area contributed by atoms with Crippen molar-refractivity contribution in [2.75, 3.05) is 0 Å². The standard InChI is InChI=1S/C17H24O4/c1-17(2,3)21-16(20)14-12(9-10-13(18)15(14)19)11-7-5-4-6-8-11/h9-11,18-19H,4-8H2,1-3H3. The van der Waals surface area contributed by atoms with Crippen LogP contribution in [0, 0.1) is 0 Å². The molecular formula is C17H24O4. The van der Waals surface area contributed by atoms with Gasteiger partial charge in [-0.15, -0.1) is 0 Å². The molecule has 0 aromatic heterocycles. The van der Waals surface area contributed by atoms with E-state index < -0.39 is 11.6 Å². The first-order chi connectivity index (χ1) is 9.79. The molecule has 0 bridgehead atoms. The predicted molar refractivity (Wildman–Crippen MR) is 80.8 cm³/mol. The van der Waals surface area contributed by atoms with Crippen LogP contribution in [0.15, 0.2) is 12.1 Å². The summed E-state index contributed by atoms with van der Waals surface area (Å²) in [5.74, 6) is -0.980. The van der Waals surface area contributed by atoms with Crippen molar-refractivity contribution < 1.29 is 19.7 Å². The molecule has 21 heavy (non-hydrogen) atoms. The van der Waals surface area contributed by atoms with Crippen molar-refractivity contribution >= 4 is 5.97 Å². The monoisotopic (exact) mass is 292 g/mol. The first-order valence-corrected chi connectivity index (χ1v) is 7.58. The van der Waals surface area contributed by atoms with Gasteiger partial charge < -0.3 is 14.9 Å². The third-order valence-electron chi connectivity index (χ3n) is 3.84. The van der Waals surface area contributed by atoms with Gasteiger partial charge in [0.05, 0.1) is 0 Å². The Hall–Kier alpha value is -1.71. The molecule has 0 unspecified atom stereocenters. The van der Waals surface area contributed by atoms with Gasteiger partial charge in [0.15, 0.2) is 11.5 Å². The molecule has 1 aliphatic carbocycles. The Morgan fingerprint density at radius 2 is 1.76 bits per heavy atom. The third-order valence-corrected chi connectivity index (χ3v) is 3.84. The second kappa shape index (κ2) is 5.96. The Balaban J connectivity index is 2.41. The second-order valence-electron chi connectivity index (χ2n) is 6.73. The lowest BCUT2D eigenvalue weighted by molar-refractivity contribution is 0.00641. The first kappa shape index (κ1) is 15.7. The second-order valence-corrected chi connectivity index (χ2v) is 6.73. The Morgan fingerprint density at radius 1 is 1.14 bits per heavy atom. The van der Waals surface area contributed by atoms with Crippen molar-refractivity contribution in [2.24, 2.45) is 0 Å². The van der Waals surface area contributed by atoms with E-state index >= 15 is 0 Å². The molecule has 1 aromatic rings. The number of benzene rings is 1. The van der Waals surface area contributed by atoms with E-state index in [-0.39, 0.29) is 23.0 Å². The predicted octanol–water partition coefficient (Wildman–Crippen LogP) is 4.10. The van der Waals surface area contributed by atoms with Gasteiger partial charge in [0.25, 0.3) is 0 Å². The number of hydrogen-bond acceptors (Lipinski definition) is 4. The van der Waals surface area contributed by atoms with Crippen LogP contribution in [0.25, 0.3) is 0 Å². The van der Waals surface area contributed by atoms with Gasteiger partial charge in [-0.1, -0.05) is 25.3 Å². The van der Waals surface area contributed by atoms with Crippen molar-refractivity contribution in [2.45, 2.75) is 64.4 Å². The maximum atomic E-state index is 12.4. The first-order valence-electron chi connectivity index (χ1n) is 7.58. The number of phenolic OH excluding ortho intramolecular Hbond substituents is 2. The summed E-state index contributed by atoms with van der Waals surface area (Å²) in [7, 11) is 0. The SMILES string of the molecule is CC(C)(C)OC(=O)c1c(C2CCCCC2)ccc(O)c1O. The van der Waals surface area contributed by atoms with Crippen LogP contribution in [0.4, 0.5) is 0 Å². The molecule has 1 aliphatic rings. The highest BCUT2D eigenvalue weighted by atomic mass is 16.6. The van der Waals surface area contributed by atoms with Crippen molar-refractivity contribution in [3.8, 4) is 11.5 Å². The van der Waals surface area contributed by atoms with E-state index in [1.54, 1.807) is 26.8 Å². The van der Waals surface area contributed by atoms with Crippen molar-refractivity contribution in [3.05, 3.63) is 23.3 Å². The number of hydrogen-bond donors (Lipinski definition) is 2. The maximum Gasteiger partial charge on any atom is 0.342 e. The summed E-state index contributed by atoms with van der Waals surface area (Å²) in [6.07, 6.45) is 5.46. The van der Waals surface area contributed by atoms with Gasteiger partial charge in [0.2, 0.25) is 0 Å². The molecule has 0 saturated heterocycles. The molecule has 0 amide bonds. The van der Waals surface area contributed by atoms with Crippen LogP contribution in [0.2, 0.25) is 0 Å². The minimum Gasteiger partial charge on any atom is -0.504 e. The highest BCUT2D eigenvalue weighted by Crippen LogP contribution is 2.41. The lowest BCUT2D eigenvalue weighted by Gasteiger charge is -2.26. The van der Waals surface area contributed by atoms with Gasteiger partial charge >= 0.3 is 5.97 Å². The number of rotatable bonds is 2. The Kier molecular flexibility index (Phi) is 4.45. The van der Waals surface area contributed by atoms with E-state index in [1.165, 1.54) is 12.5 Å². The molecule has 1 fully saturated rings. The summed E-state index contributed by atoms with van der Waals surface area (Å²) >= 11 is 0. The summed E-state index contributed by atoms with van der Waals surface area (Å²) in [5, 5.41) is 19.8. The average molecular weight is 292 g/mol. The zero-order chi connectivity index (χ0) is 15.6. The van der Waals surface area contributed by atoms with Gasteiger partial charge in [-0.05, 0) is 51.2 Å². The molecule has 0 heterocycles. The Bertz CT molecular complexity index is 522. The summed E-state index contributed by atoms with van der Waals surface area (Å²) in [6.45, 7) is 5.35. The van der Waals surface area contributed by atoms with Crippen LogP contribution in [-0.4, -0.2) is 21.8 Å². The van der Waals surface area contributed by atoms with Crippen molar-refractivity contribution in [3.63, 3.8) is 0 Å². The Morgan fingerprint density at radius 3 is 2.33 bits per heavy atom. The fourth-order valence-electron chi connectivity index (χ4n) is 2.89. The highest BCUT2D eigenvalue weighted by molar-refractivity contribution is 5.95. The van der Waals surface area contributed by atoms with Crippen LogP contribution in [0.3, 0.4) is 0 Å². The molecule has 2 N–H and O–H groups in total. The van der Waals surface area contributed by atoms with Gasteiger partial charge in [0.1, 0.15) is 11.2 Å². The molecular weight excluding hydrogens is 268 g/mol. The average Bonchev–Trinajstić information content (AvgIpc) is 2.40. The zero-order valence-corrected chi connectivity index (χ0v) is 13.0. The van der Waals surface area contributed by atoms with Gasteiger partial charge in [0, 0.05) is 0 Å². The number of ether oxygens (including phenoxy) is 1. The number of esters is 1. The minimum absolute atomic E-state index is 0.122. The van der Waals surface area contributed by atoms with Gasteiger partial charge in [-0.2, -0.15) is 0 Å². The van der Waals surface area contributed by atoms with E-state index in [9.17, 15) is 15.0 Å². The summed E-state index contributed by atoms with van der Waals surface area (Å²) in [4.78, 5) is 12.4. The Labute approximate surface area is 125 Å². The summed E-state index contributed by atoms with van der Waals surface area (Å²) < 4.78 is 5.38. The van der Waals surface area contributed by atoms with Gasteiger partial charge in [-0.25, -0.2) is 4.79 Å². The maximum absolute atomic E-state index is 12.4. The van der Waals surface area contributed by atoms with E-state index in [2.05, 4.69) is 0 Å². The van der Waals surface area contributed by atoms with E-state index in [4.69, 9.17) is 4.74 Å². The van der Waals surface area contributed by atoms with Crippen LogP contribution >= 0.6 is 0 Å². The fraction of sp³-hybridized carbons (Fsp3) is 0.588. The summed E-state index contributed by atoms with van der Waals surface area (Å²) in [5.41, 5.74) is 0.273. The molecule has 2 rings (SSSR count). The number of phenols is 2. The minimum atomic E-state index is -0.640. The van der Waals surface area contributed by atoms with Gasteiger partial charge in [-0.3, -0.25) is 0 Å². The third kappa shape index (κ3) is 3.69. The fourth-order valence-corrected chi connectivity index (χ4v) is 2.89. The molecule has 0 radical (unpaired) electrons. The quantitative estimate of drug-likeness (QED) is 0.636. The molecule has 0 spiro atoms. The topological polar surface area (TPSA) is 66.8 Å². The lowest BCUT2D eigenvalue weighted by atomic mass is 9.81. The smallest absolute Gasteiger partial charge is 0.342 e. The summed E-state index contributed by atoms with van der Waals surface area (Å²) in [6, 6.07) is 3.19. The molecule has 116 valence electrons. The number of carbonyl (C=O) groups is 1. The van der Waals surface area contributed by atoms with E-state index in [0.717, 1.165) is 31.2 Å². The largest absolute Gasteiger partial charge is 0.504 e. The molecule has 4 nitrogen and oxygen atoms in total. The van der Waals surface area contributed by atoms with Crippen LogP contribution in [0.5, 0.6) is 11.5 Å². The highest BCUT2D eigenvalue weighted by Gasteiger charge is 2.29. The molecule has 1 saturated carbocycles. The molecule has 4 heteroatoms. The van der Waals surface area contributed by atoms with Crippen LogP contribution in [-0.2, 0) is 4.74 Å². The van der Waals surface area contributed by atoms with Crippen molar-refractivity contribution in [1.29, 1.82) is 0 Å². The zero-order valence-electron chi connectivity index (χ0n) is 13.0. The van der Waals surface area contributed by atoms with E-state index in [0.29, 0.717) is 0 Å². The molecule has 0 aliphatic heterocycles. The number of aromatic hydroxyl groups is 2. The van der Waals surface area contributed by atoms with Crippen LogP contribution < -0.4 is 0 Å². The molecule has 0 atom stereocenters. The lowest BCUT2D eigenvalue weighted by Crippen LogP contribution is -2.25. The normalized spacial score (nSPS) is 16.7. The van der Waals surface area contributed by atoms with Crippen LogP contribution in [0.1, 0.15) is 74.7 Å².